The van der Waals surface area contributed by atoms with Gasteiger partial charge >= 0.3 is 0 Å². The first-order chi connectivity index (χ1) is 5.24. The van der Waals surface area contributed by atoms with Crippen molar-refractivity contribution in [3.8, 4) is 0 Å². The minimum atomic E-state index is 0.0260. The van der Waals surface area contributed by atoms with Gasteiger partial charge in [-0.3, -0.25) is 4.79 Å². The molecule has 60 valence electrons. The van der Waals surface area contributed by atoms with Gasteiger partial charge in [-0.2, -0.15) is 0 Å². The molecule has 3 heteroatoms. The van der Waals surface area contributed by atoms with E-state index < -0.39 is 0 Å². The van der Waals surface area contributed by atoms with E-state index in [1.165, 1.54) is 6.08 Å². The molecule has 0 aromatic carbocycles. The first-order valence-electron chi connectivity index (χ1n) is 3.71. The van der Waals surface area contributed by atoms with Crippen molar-refractivity contribution in [2.24, 2.45) is 0 Å². The fourth-order valence-corrected chi connectivity index (χ4v) is 1.10. The number of nitrogens with zero attached hydrogens (tertiary/aromatic N) is 2. The Morgan fingerprint density at radius 2 is 2.00 bits per heavy atom. The Kier molecular flexibility index (Phi) is 2.41. The van der Waals surface area contributed by atoms with Crippen LogP contribution >= 0.6 is 0 Å². The first-order valence-corrected chi connectivity index (χ1v) is 3.71. The maximum atomic E-state index is 11.0. The number of carbonyl (C=O) groups excluding carboxylic acids is 1. The van der Waals surface area contributed by atoms with Crippen LogP contribution in [0.5, 0.6) is 0 Å². The highest BCUT2D eigenvalue weighted by Crippen LogP contribution is 1.96. The average molecular weight is 153 g/mol. The fourth-order valence-electron chi connectivity index (χ4n) is 1.10. The molecule has 11 heavy (non-hydrogen) atoms. The number of rotatable bonds is 1. The van der Waals surface area contributed by atoms with Crippen LogP contribution in [0.3, 0.4) is 0 Å². The van der Waals surface area contributed by atoms with E-state index in [-0.39, 0.29) is 5.91 Å². The summed E-state index contributed by atoms with van der Waals surface area (Å²) in [6.07, 6.45) is 1.36. The topological polar surface area (TPSA) is 23.3 Å². The van der Waals surface area contributed by atoms with Crippen molar-refractivity contribution in [2.45, 2.75) is 0 Å². The molecule has 1 aliphatic heterocycles. The molecule has 0 aliphatic carbocycles. The van der Waals surface area contributed by atoms with Gasteiger partial charge in [0.2, 0.25) is 5.91 Å². The van der Waals surface area contributed by atoms with Crippen LogP contribution in [0, 0.1) is 0 Å². The van der Waals surface area contributed by atoms with Crippen LogP contribution in [0.25, 0.3) is 0 Å². The highest BCUT2D eigenvalue weighted by Gasteiger charge is 2.18. The lowest BCUT2D eigenvalue weighted by molar-refractivity contribution is -0.529. The normalized spacial score (nSPS) is 18.2. The molecule has 0 atom stereocenters. The maximum absolute atomic E-state index is 11.0. The van der Waals surface area contributed by atoms with E-state index in [0.717, 1.165) is 26.2 Å². The Bertz CT molecular complexity index is 188. The van der Waals surface area contributed by atoms with E-state index in [1.54, 1.807) is 4.90 Å². The predicted octanol–water partition coefficient (Wildman–Crippen LogP) is -0.272. The molecule has 0 radical (unpaired) electrons. The van der Waals surface area contributed by atoms with Crippen molar-refractivity contribution < 1.29 is 9.37 Å². The minimum Gasteiger partial charge on any atom is -0.326 e. The van der Waals surface area contributed by atoms with Gasteiger partial charge in [0.25, 0.3) is 0 Å². The van der Waals surface area contributed by atoms with Crippen molar-refractivity contribution >= 4 is 12.6 Å². The molecule has 1 heterocycles. The van der Waals surface area contributed by atoms with E-state index in [2.05, 4.69) is 13.3 Å². The van der Waals surface area contributed by atoms with Crippen LogP contribution in [0.15, 0.2) is 12.7 Å². The zero-order valence-electron chi connectivity index (χ0n) is 6.62. The molecular weight excluding hydrogens is 140 g/mol. The average Bonchev–Trinajstić information content (AvgIpc) is 2.05. The molecule has 1 fully saturated rings. The molecule has 1 rings (SSSR count). The SMILES string of the molecule is C=CC(=O)N1CC[N+](=C)CC1. The molecular formula is C8H13N2O+. The van der Waals surface area contributed by atoms with Gasteiger partial charge in [0.05, 0.1) is 13.1 Å². The summed E-state index contributed by atoms with van der Waals surface area (Å²) in [5, 5.41) is 0. The van der Waals surface area contributed by atoms with Crippen molar-refractivity contribution in [1.82, 2.24) is 4.90 Å². The van der Waals surface area contributed by atoms with Crippen molar-refractivity contribution in [2.75, 3.05) is 26.2 Å². The minimum absolute atomic E-state index is 0.0260. The van der Waals surface area contributed by atoms with Gasteiger partial charge in [0.1, 0.15) is 6.72 Å². The van der Waals surface area contributed by atoms with E-state index in [4.69, 9.17) is 0 Å². The molecule has 0 spiro atoms. The second kappa shape index (κ2) is 3.32. The van der Waals surface area contributed by atoms with Gasteiger partial charge < -0.3 is 4.90 Å². The zero-order chi connectivity index (χ0) is 8.27. The molecule has 1 saturated heterocycles. The molecule has 1 aliphatic rings. The van der Waals surface area contributed by atoms with Gasteiger partial charge in [-0.1, -0.05) is 6.58 Å². The van der Waals surface area contributed by atoms with Gasteiger partial charge in [-0.25, -0.2) is 4.58 Å². The highest BCUT2D eigenvalue weighted by molar-refractivity contribution is 5.87. The van der Waals surface area contributed by atoms with Crippen molar-refractivity contribution in [3.05, 3.63) is 12.7 Å². The Labute approximate surface area is 66.6 Å². The summed E-state index contributed by atoms with van der Waals surface area (Å²) in [4.78, 5) is 12.8. The van der Waals surface area contributed by atoms with Crippen LogP contribution in [-0.4, -0.2) is 48.3 Å². The van der Waals surface area contributed by atoms with Crippen LogP contribution in [-0.2, 0) is 4.79 Å². The molecule has 0 aromatic heterocycles. The number of amides is 1. The van der Waals surface area contributed by atoms with Crippen LogP contribution in [0.4, 0.5) is 0 Å². The highest BCUT2D eigenvalue weighted by atomic mass is 16.2. The second-order valence-corrected chi connectivity index (χ2v) is 2.65. The van der Waals surface area contributed by atoms with E-state index in [9.17, 15) is 4.79 Å². The van der Waals surface area contributed by atoms with Crippen molar-refractivity contribution in [3.63, 3.8) is 0 Å². The Hall–Kier alpha value is -1.12. The van der Waals surface area contributed by atoms with Crippen molar-refractivity contribution in [1.29, 1.82) is 0 Å². The molecule has 1 amide bonds. The third-order valence-electron chi connectivity index (χ3n) is 1.86. The molecule has 0 aromatic rings. The van der Waals surface area contributed by atoms with E-state index >= 15 is 0 Å². The number of carbonyl (C=O) groups is 1. The van der Waals surface area contributed by atoms with Gasteiger partial charge in [0, 0.05) is 0 Å². The smallest absolute Gasteiger partial charge is 0.246 e. The lowest BCUT2D eigenvalue weighted by atomic mass is 10.3. The summed E-state index contributed by atoms with van der Waals surface area (Å²) >= 11 is 0. The monoisotopic (exact) mass is 153 g/mol. The largest absolute Gasteiger partial charge is 0.326 e. The first kappa shape index (κ1) is 7.98. The number of hydrogen-bond acceptors (Lipinski definition) is 1. The summed E-state index contributed by atoms with van der Waals surface area (Å²) in [6.45, 7) is 10.5. The lowest BCUT2D eigenvalue weighted by Crippen LogP contribution is -2.43. The Morgan fingerprint density at radius 3 is 2.45 bits per heavy atom. The summed E-state index contributed by atoms with van der Waals surface area (Å²) in [6, 6.07) is 0. The summed E-state index contributed by atoms with van der Waals surface area (Å²) in [5.41, 5.74) is 0. The lowest BCUT2D eigenvalue weighted by Gasteiger charge is -2.23. The Balaban J connectivity index is 2.44. The third kappa shape index (κ3) is 1.90. The van der Waals surface area contributed by atoms with Gasteiger partial charge in [-0.15, -0.1) is 0 Å². The number of piperazine rings is 1. The number of hydrogen-bond donors (Lipinski definition) is 0. The molecule has 0 saturated carbocycles. The summed E-state index contributed by atoms with van der Waals surface area (Å²) < 4.78 is 1.97. The zero-order valence-corrected chi connectivity index (χ0v) is 6.62. The molecule has 0 bridgehead atoms. The van der Waals surface area contributed by atoms with Gasteiger partial charge in [-0.05, 0) is 6.08 Å². The van der Waals surface area contributed by atoms with Gasteiger partial charge in [0.15, 0.2) is 13.1 Å². The standard InChI is InChI=1S/C8H13N2O/c1-3-8(11)10-6-4-9(2)5-7-10/h3H,1-2,4-7H2/q+1. The van der Waals surface area contributed by atoms with Crippen LogP contribution < -0.4 is 0 Å². The predicted molar refractivity (Wildman–Crippen MR) is 43.9 cm³/mol. The fraction of sp³-hybridized carbons (Fsp3) is 0.500. The maximum Gasteiger partial charge on any atom is 0.246 e. The second-order valence-electron chi connectivity index (χ2n) is 2.65. The van der Waals surface area contributed by atoms with E-state index in [1.807, 2.05) is 4.58 Å². The summed E-state index contributed by atoms with van der Waals surface area (Å²) in [5.74, 6) is 0.0260. The molecule has 0 unspecified atom stereocenters. The summed E-state index contributed by atoms with van der Waals surface area (Å²) in [7, 11) is 0. The van der Waals surface area contributed by atoms with Crippen LogP contribution in [0.2, 0.25) is 0 Å². The molecule has 0 N–H and O–H groups in total. The molecule has 3 nitrogen and oxygen atoms in total. The third-order valence-corrected chi connectivity index (χ3v) is 1.86. The van der Waals surface area contributed by atoms with E-state index in [0.29, 0.717) is 0 Å². The Morgan fingerprint density at radius 1 is 1.45 bits per heavy atom. The quantitative estimate of drug-likeness (QED) is 0.375. The van der Waals surface area contributed by atoms with Crippen LogP contribution in [0.1, 0.15) is 0 Å².